The quantitative estimate of drug-likeness (QED) is 0.315. The SMILES string of the molecule is Cc1cc(-c2cncnc2)cc(C)c1-c1ccc(F)c2c1CC[C@H]2Oc1ccc2c(c1)OCC2CC(=O)O. The minimum atomic E-state index is -0.852. The Hall–Kier alpha value is -4.26. The summed E-state index contributed by atoms with van der Waals surface area (Å²) in [5.41, 5.74) is 8.82. The number of hydrogen-bond donors (Lipinski definition) is 1. The van der Waals surface area contributed by atoms with Gasteiger partial charge in [0, 0.05) is 41.1 Å². The van der Waals surface area contributed by atoms with Crippen LogP contribution in [0.15, 0.2) is 61.2 Å². The Bertz CT molecular complexity index is 1530. The number of aromatic nitrogens is 2. The van der Waals surface area contributed by atoms with Crippen molar-refractivity contribution in [3.05, 3.63) is 94.8 Å². The Morgan fingerprint density at radius 3 is 2.58 bits per heavy atom. The van der Waals surface area contributed by atoms with Crippen LogP contribution in [0.4, 0.5) is 4.39 Å². The molecule has 2 atom stereocenters. The Labute approximate surface area is 220 Å². The minimum absolute atomic E-state index is 0.0239. The molecule has 1 unspecified atom stereocenters. The maximum atomic E-state index is 15.2. The highest BCUT2D eigenvalue weighted by Gasteiger charge is 2.32. The molecule has 3 aromatic carbocycles. The highest BCUT2D eigenvalue weighted by molar-refractivity contribution is 5.79. The molecule has 2 heterocycles. The third kappa shape index (κ3) is 4.28. The van der Waals surface area contributed by atoms with E-state index in [1.807, 2.05) is 18.2 Å². The molecule has 1 N–H and O–H groups in total. The van der Waals surface area contributed by atoms with Gasteiger partial charge >= 0.3 is 5.97 Å². The highest BCUT2D eigenvalue weighted by atomic mass is 19.1. The fraction of sp³-hybridized carbons (Fsp3) is 0.258. The molecule has 0 fully saturated rings. The van der Waals surface area contributed by atoms with Gasteiger partial charge in [0.05, 0.1) is 13.0 Å². The smallest absolute Gasteiger partial charge is 0.304 e. The molecular formula is C31H27FN2O4. The van der Waals surface area contributed by atoms with Gasteiger partial charge in [0.1, 0.15) is 29.7 Å². The molecule has 0 spiro atoms. The zero-order valence-corrected chi connectivity index (χ0v) is 21.2. The zero-order chi connectivity index (χ0) is 26.4. The van der Waals surface area contributed by atoms with Gasteiger partial charge in [0.25, 0.3) is 0 Å². The van der Waals surface area contributed by atoms with Crippen LogP contribution in [0.2, 0.25) is 0 Å². The standard InChI is InChI=1S/C31H27FN2O4/c1-17-9-19(21-13-33-16-34-14-21)10-18(2)30(17)24-5-7-26(32)31-25(24)6-8-27(31)38-22-3-4-23-20(11-29(35)36)15-37-28(23)12-22/h3-5,7,9-10,12-14,16,20,27H,6,8,11,15H2,1-2H3,(H,35,36)/t20?,27-/m1/s1. The maximum absolute atomic E-state index is 15.2. The van der Waals surface area contributed by atoms with E-state index in [-0.39, 0.29) is 18.2 Å². The van der Waals surface area contributed by atoms with E-state index in [1.165, 1.54) is 12.4 Å². The lowest BCUT2D eigenvalue weighted by atomic mass is 9.88. The lowest BCUT2D eigenvalue weighted by Gasteiger charge is -2.19. The third-order valence-electron chi connectivity index (χ3n) is 7.54. The molecule has 2 aliphatic rings. The summed E-state index contributed by atoms with van der Waals surface area (Å²) in [6, 6.07) is 13.1. The summed E-state index contributed by atoms with van der Waals surface area (Å²) in [5.74, 6) is -0.0649. The van der Waals surface area contributed by atoms with Crippen molar-refractivity contribution in [2.24, 2.45) is 0 Å². The molecule has 0 radical (unpaired) electrons. The van der Waals surface area contributed by atoms with Crippen LogP contribution in [-0.4, -0.2) is 27.7 Å². The van der Waals surface area contributed by atoms with Crippen LogP contribution in [0.3, 0.4) is 0 Å². The minimum Gasteiger partial charge on any atom is -0.492 e. The number of rotatable bonds is 6. The van der Waals surface area contributed by atoms with Crippen molar-refractivity contribution < 1.29 is 23.8 Å². The molecule has 0 saturated heterocycles. The molecule has 6 nitrogen and oxygen atoms in total. The molecule has 1 aromatic heterocycles. The Kier molecular flexibility index (Phi) is 6.06. The molecule has 7 heteroatoms. The summed E-state index contributed by atoms with van der Waals surface area (Å²) < 4.78 is 27.3. The van der Waals surface area contributed by atoms with E-state index in [0.29, 0.717) is 36.5 Å². The van der Waals surface area contributed by atoms with Crippen molar-refractivity contribution in [1.82, 2.24) is 9.97 Å². The average molecular weight is 511 g/mol. The van der Waals surface area contributed by atoms with Crippen molar-refractivity contribution in [3.63, 3.8) is 0 Å². The van der Waals surface area contributed by atoms with E-state index >= 15 is 4.39 Å². The number of aliphatic carboxylic acids is 1. The maximum Gasteiger partial charge on any atom is 0.304 e. The highest BCUT2D eigenvalue weighted by Crippen LogP contribution is 2.45. The first kappa shape index (κ1) is 24.1. The molecule has 0 amide bonds. The number of hydrogen-bond acceptors (Lipinski definition) is 5. The van der Waals surface area contributed by atoms with E-state index in [1.54, 1.807) is 18.5 Å². The summed E-state index contributed by atoms with van der Waals surface area (Å²) in [7, 11) is 0. The molecule has 192 valence electrons. The normalized spacial score (nSPS) is 17.6. The van der Waals surface area contributed by atoms with Crippen LogP contribution >= 0.6 is 0 Å². The van der Waals surface area contributed by atoms with Crippen LogP contribution in [0.1, 0.15) is 52.7 Å². The van der Waals surface area contributed by atoms with E-state index < -0.39 is 12.1 Å². The summed E-state index contributed by atoms with van der Waals surface area (Å²) >= 11 is 0. The largest absolute Gasteiger partial charge is 0.492 e. The van der Waals surface area contributed by atoms with Crippen molar-refractivity contribution in [1.29, 1.82) is 0 Å². The van der Waals surface area contributed by atoms with Gasteiger partial charge in [-0.1, -0.05) is 24.3 Å². The molecule has 1 aliphatic carbocycles. The number of carboxylic acids is 1. The predicted molar refractivity (Wildman–Crippen MR) is 141 cm³/mol. The van der Waals surface area contributed by atoms with Gasteiger partial charge in [-0.2, -0.15) is 0 Å². The number of carboxylic acid groups (broad SMARTS) is 1. The van der Waals surface area contributed by atoms with Gasteiger partial charge in [0.15, 0.2) is 0 Å². The lowest BCUT2D eigenvalue weighted by Crippen LogP contribution is -2.07. The first-order valence-corrected chi connectivity index (χ1v) is 12.7. The van der Waals surface area contributed by atoms with Crippen molar-refractivity contribution >= 4 is 5.97 Å². The van der Waals surface area contributed by atoms with Crippen LogP contribution in [0.5, 0.6) is 11.5 Å². The molecule has 4 aromatic rings. The lowest BCUT2D eigenvalue weighted by molar-refractivity contribution is -0.137. The molecule has 0 saturated carbocycles. The number of aryl methyl sites for hydroxylation is 2. The van der Waals surface area contributed by atoms with Gasteiger partial charge < -0.3 is 14.6 Å². The van der Waals surface area contributed by atoms with Gasteiger partial charge in [-0.3, -0.25) is 4.79 Å². The average Bonchev–Trinajstić information content (AvgIpc) is 3.50. The summed E-state index contributed by atoms with van der Waals surface area (Å²) in [4.78, 5) is 19.4. The molecule has 1 aliphatic heterocycles. The van der Waals surface area contributed by atoms with Gasteiger partial charge in [-0.25, -0.2) is 14.4 Å². The third-order valence-corrected chi connectivity index (χ3v) is 7.54. The van der Waals surface area contributed by atoms with Crippen LogP contribution in [0, 0.1) is 19.7 Å². The Morgan fingerprint density at radius 1 is 1.08 bits per heavy atom. The van der Waals surface area contributed by atoms with Crippen molar-refractivity contribution in [3.8, 4) is 33.8 Å². The van der Waals surface area contributed by atoms with Gasteiger partial charge in [0.2, 0.25) is 0 Å². The molecule has 38 heavy (non-hydrogen) atoms. The van der Waals surface area contributed by atoms with Gasteiger partial charge in [-0.15, -0.1) is 0 Å². The monoisotopic (exact) mass is 510 g/mol. The van der Waals surface area contributed by atoms with E-state index in [2.05, 4.69) is 35.9 Å². The number of halogens is 1. The zero-order valence-electron chi connectivity index (χ0n) is 21.2. The number of nitrogens with zero attached hydrogens (tertiary/aromatic N) is 2. The van der Waals surface area contributed by atoms with E-state index in [9.17, 15) is 4.79 Å². The van der Waals surface area contributed by atoms with Gasteiger partial charge in [-0.05, 0) is 72.2 Å². The fourth-order valence-corrected chi connectivity index (χ4v) is 5.90. The molecule has 0 bridgehead atoms. The molecule has 6 rings (SSSR count). The number of ether oxygens (including phenoxy) is 2. The second kappa shape index (κ2) is 9.56. The second-order valence-corrected chi connectivity index (χ2v) is 10.0. The topological polar surface area (TPSA) is 81.5 Å². The van der Waals surface area contributed by atoms with Crippen molar-refractivity contribution in [2.45, 2.75) is 45.1 Å². The number of fused-ring (bicyclic) bond motifs is 2. The Balaban J connectivity index is 1.31. The summed E-state index contributed by atoms with van der Waals surface area (Å²) in [6.45, 7) is 4.50. The molecular weight excluding hydrogens is 483 g/mol. The Morgan fingerprint density at radius 2 is 1.84 bits per heavy atom. The fourth-order valence-electron chi connectivity index (χ4n) is 5.90. The number of carbonyl (C=O) groups is 1. The first-order chi connectivity index (χ1) is 18.4. The van der Waals surface area contributed by atoms with Crippen LogP contribution in [0.25, 0.3) is 22.3 Å². The van der Waals surface area contributed by atoms with Crippen LogP contribution in [-0.2, 0) is 11.2 Å². The predicted octanol–water partition coefficient (Wildman–Crippen LogP) is 6.58. The first-order valence-electron chi connectivity index (χ1n) is 12.7. The summed E-state index contributed by atoms with van der Waals surface area (Å²) in [5, 5.41) is 9.15. The second-order valence-electron chi connectivity index (χ2n) is 10.0. The van der Waals surface area contributed by atoms with E-state index in [0.717, 1.165) is 44.5 Å². The summed E-state index contributed by atoms with van der Waals surface area (Å²) in [6.07, 6.45) is 6.10. The van der Waals surface area contributed by atoms with Crippen molar-refractivity contribution in [2.75, 3.05) is 6.61 Å². The van der Waals surface area contributed by atoms with Crippen LogP contribution < -0.4 is 9.47 Å². The van der Waals surface area contributed by atoms with E-state index in [4.69, 9.17) is 14.6 Å². The number of benzene rings is 3.